The molecule has 0 fully saturated rings. The molecule has 7 aromatic carbocycles. The summed E-state index contributed by atoms with van der Waals surface area (Å²) in [5.74, 6) is 0.808. The Morgan fingerprint density at radius 2 is 1.20 bits per heavy atom. The van der Waals surface area contributed by atoms with Crippen molar-refractivity contribution in [2.45, 2.75) is 6.04 Å². The Morgan fingerprint density at radius 3 is 2.02 bits per heavy atom. The molecule has 0 saturated heterocycles. The van der Waals surface area contributed by atoms with Gasteiger partial charge < -0.3 is 14.3 Å². The zero-order valence-corrected chi connectivity index (χ0v) is 27.1. The molecule has 0 aliphatic carbocycles. The zero-order valence-electron chi connectivity index (χ0n) is 27.1. The Balaban J connectivity index is 1.25. The van der Waals surface area contributed by atoms with Gasteiger partial charge in [-0.25, -0.2) is 4.99 Å². The van der Waals surface area contributed by atoms with E-state index in [0.717, 1.165) is 66.9 Å². The van der Waals surface area contributed by atoms with E-state index in [9.17, 15) is 0 Å². The topological polar surface area (TPSA) is 42.5 Å². The number of benzene rings is 7. The molecular formula is C46H31N3O. The molecule has 9 aromatic rings. The number of amidine groups is 1. The van der Waals surface area contributed by atoms with Crippen LogP contribution in [-0.4, -0.2) is 10.4 Å². The van der Waals surface area contributed by atoms with Gasteiger partial charge in [-0.3, -0.25) is 0 Å². The van der Waals surface area contributed by atoms with Gasteiger partial charge in [-0.05, 0) is 70.8 Å². The quantitative estimate of drug-likeness (QED) is 0.203. The summed E-state index contributed by atoms with van der Waals surface area (Å²) in [4.78, 5) is 5.27. The summed E-state index contributed by atoms with van der Waals surface area (Å²) in [7, 11) is 0. The zero-order chi connectivity index (χ0) is 33.0. The lowest BCUT2D eigenvalue weighted by Crippen LogP contribution is -2.31. The third-order valence-electron chi connectivity index (χ3n) is 9.83. The number of fused-ring (bicyclic) bond motifs is 6. The van der Waals surface area contributed by atoms with Gasteiger partial charge in [0.1, 0.15) is 17.0 Å². The van der Waals surface area contributed by atoms with Crippen LogP contribution in [0.2, 0.25) is 0 Å². The van der Waals surface area contributed by atoms with Crippen molar-refractivity contribution in [3.05, 3.63) is 193 Å². The normalized spacial score (nSPS) is 14.6. The standard InChI is InChI=1S/C46H31N3O/c1-4-15-30(16-5-1)38-29-39(31-17-6-2-7-18-31)48-46(47-38)32-27-37(45-36-22-11-13-26-42(36)50-43(45)28-32)34-23-14-25-41-44(34)35-21-10-12-24-40(35)49(41)33-19-8-3-9-20-33/h1-29,38H,(H,47,48). The van der Waals surface area contributed by atoms with E-state index in [1.165, 1.54) is 21.9 Å². The molecule has 4 nitrogen and oxygen atoms in total. The number of hydrogen-bond acceptors (Lipinski definition) is 3. The number of para-hydroxylation sites is 3. The summed E-state index contributed by atoms with van der Waals surface area (Å²) >= 11 is 0. The molecule has 1 unspecified atom stereocenters. The van der Waals surface area contributed by atoms with Gasteiger partial charge in [0.2, 0.25) is 0 Å². The SMILES string of the molecule is C1=C(c2ccccc2)N=C(c2cc(-c3cccc4c3c3ccccc3n4-c3ccccc3)c3c(c2)oc2ccccc23)NC1c1ccccc1. The second-order valence-corrected chi connectivity index (χ2v) is 12.8. The van der Waals surface area contributed by atoms with Crippen LogP contribution < -0.4 is 5.32 Å². The Morgan fingerprint density at radius 1 is 0.520 bits per heavy atom. The lowest BCUT2D eigenvalue weighted by molar-refractivity contribution is 0.668. The van der Waals surface area contributed by atoms with Crippen LogP contribution in [0.5, 0.6) is 0 Å². The van der Waals surface area contributed by atoms with Crippen LogP contribution in [0.25, 0.3) is 66.3 Å². The van der Waals surface area contributed by atoms with Crippen molar-refractivity contribution in [1.82, 2.24) is 9.88 Å². The van der Waals surface area contributed by atoms with E-state index in [2.05, 4.69) is 174 Å². The molecule has 1 atom stereocenters. The third-order valence-corrected chi connectivity index (χ3v) is 9.83. The Labute approximate surface area is 289 Å². The van der Waals surface area contributed by atoms with Gasteiger partial charge in [-0.1, -0.05) is 127 Å². The van der Waals surface area contributed by atoms with Crippen molar-refractivity contribution in [3.63, 3.8) is 0 Å². The van der Waals surface area contributed by atoms with Gasteiger partial charge in [0, 0.05) is 32.8 Å². The second-order valence-electron chi connectivity index (χ2n) is 12.8. The highest BCUT2D eigenvalue weighted by molar-refractivity contribution is 6.22. The van der Waals surface area contributed by atoms with Crippen LogP contribution in [0.4, 0.5) is 0 Å². The van der Waals surface area contributed by atoms with E-state index in [1.807, 2.05) is 12.1 Å². The number of hydrogen-bond donors (Lipinski definition) is 1. The lowest BCUT2D eigenvalue weighted by atomic mass is 9.93. The fourth-order valence-corrected chi connectivity index (χ4v) is 7.60. The lowest BCUT2D eigenvalue weighted by Gasteiger charge is -2.25. The van der Waals surface area contributed by atoms with Gasteiger partial charge in [0.25, 0.3) is 0 Å². The van der Waals surface area contributed by atoms with Crippen LogP contribution in [0.15, 0.2) is 185 Å². The monoisotopic (exact) mass is 641 g/mol. The van der Waals surface area contributed by atoms with Gasteiger partial charge in [0.15, 0.2) is 0 Å². The average molecular weight is 642 g/mol. The summed E-state index contributed by atoms with van der Waals surface area (Å²) < 4.78 is 9.01. The van der Waals surface area contributed by atoms with E-state index >= 15 is 0 Å². The van der Waals surface area contributed by atoms with Crippen LogP contribution in [-0.2, 0) is 0 Å². The Kier molecular flexibility index (Phi) is 6.53. The fraction of sp³-hybridized carbons (Fsp3) is 0.0217. The minimum Gasteiger partial charge on any atom is -0.456 e. The molecule has 236 valence electrons. The summed E-state index contributed by atoms with van der Waals surface area (Å²) in [6.45, 7) is 0. The van der Waals surface area contributed by atoms with Gasteiger partial charge in [-0.15, -0.1) is 0 Å². The van der Waals surface area contributed by atoms with Crippen molar-refractivity contribution in [2.75, 3.05) is 0 Å². The number of aliphatic imine (C=N–C) groups is 1. The molecule has 0 spiro atoms. The highest BCUT2D eigenvalue weighted by atomic mass is 16.3. The Hall–Kier alpha value is -6.65. The van der Waals surface area contributed by atoms with Gasteiger partial charge in [-0.2, -0.15) is 0 Å². The summed E-state index contributed by atoms with van der Waals surface area (Å²) in [6.07, 6.45) is 2.22. The molecule has 2 aromatic heterocycles. The van der Waals surface area contributed by atoms with E-state index in [-0.39, 0.29) is 6.04 Å². The smallest absolute Gasteiger partial charge is 0.136 e. The van der Waals surface area contributed by atoms with Crippen molar-refractivity contribution in [2.24, 2.45) is 4.99 Å². The summed E-state index contributed by atoms with van der Waals surface area (Å²) in [5, 5.41) is 8.40. The molecule has 10 rings (SSSR count). The molecular weight excluding hydrogens is 611 g/mol. The number of aromatic nitrogens is 1. The fourth-order valence-electron chi connectivity index (χ4n) is 7.60. The molecule has 4 heteroatoms. The van der Waals surface area contributed by atoms with Gasteiger partial charge in [0.05, 0.1) is 22.8 Å². The second kappa shape index (κ2) is 11.5. The van der Waals surface area contributed by atoms with E-state index in [4.69, 9.17) is 9.41 Å². The molecule has 0 radical (unpaired) electrons. The number of furan rings is 1. The first-order chi connectivity index (χ1) is 24.8. The Bertz CT molecular complexity index is 2770. The largest absolute Gasteiger partial charge is 0.456 e. The minimum absolute atomic E-state index is 0.0546. The van der Waals surface area contributed by atoms with Crippen molar-refractivity contribution in [1.29, 1.82) is 0 Å². The molecule has 1 aliphatic heterocycles. The van der Waals surface area contributed by atoms with Gasteiger partial charge >= 0.3 is 0 Å². The van der Waals surface area contributed by atoms with Crippen LogP contribution in [0.3, 0.4) is 0 Å². The molecule has 0 bridgehead atoms. The predicted molar refractivity (Wildman–Crippen MR) is 207 cm³/mol. The molecule has 1 aliphatic rings. The maximum absolute atomic E-state index is 6.64. The predicted octanol–water partition coefficient (Wildman–Crippen LogP) is 11.5. The molecule has 1 N–H and O–H groups in total. The van der Waals surface area contributed by atoms with E-state index < -0.39 is 0 Å². The minimum atomic E-state index is -0.0546. The maximum atomic E-state index is 6.64. The first kappa shape index (κ1) is 28.4. The molecule has 0 amide bonds. The summed E-state index contributed by atoms with van der Waals surface area (Å²) in [5.41, 5.74) is 11.6. The first-order valence-corrected chi connectivity index (χ1v) is 17.0. The highest BCUT2D eigenvalue weighted by Gasteiger charge is 2.24. The number of nitrogens with zero attached hydrogens (tertiary/aromatic N) is 2. The van der Waals surface area contributed by atoms with Crippen LogP contribution in [0, 0.1) is 0 Å². The van der Waals surface area contributed by atoms with Crippen molar-refractivity contribution < 1.29 is 4.42 Å². The van der Waals surface area contributed by atoms with Crippen LogP contribution in [0.1, 0.15) is 22.7 Å². The van der Waals surface area contributed by atoms with E-state index in [1.54, 1.807) is 0 Å². The number of nitrogens with one attached hydrogen (secondary N) is 1. The van der Waals surface area contributed by atoms with Crippen molar-refractivity contribution in [3.8, 4) is 16.8 Å². The molecule has 50 heavy (non-hydrogen) atoms. The number of rotatable bonds is 5. The average Bonchev–Trinajstić information content (AvgIpc) is 3.74. The summed E-state index contributed by atoms with van der Waals surface area (Å²) in [6, 6.07) is 59.7. The van der Waals surface area contributed by atoms with Crippen molar-refractivity contribution >= 4 is 55.3 Å². The first-order valence-electron chi connectivity index (χ1n) is 17.0. The molecule has 3 heterocycles. The van der Waals surface area contributed by atoms with E-state index in [0.29, 0.717) is 0 Å². The third kappa shape index (κ3) is 4.57. The van der Waals surface area contributed by atoms with Crippen LogP contribution >= 0.6 is 0 Å². The highest BCUT2D eigenvalue weighted by Crippen LogP contribution is 2.44. The maximum Gasteiger partial charge on any atom is 0.136 e. The molecule has 0 saturated carbocycles.